The Bertz CT molecular complexity index is 723. The first-order valence-corrected chi connectivity index (χ1v) is 9.24. The van der Waals surface area contributed by atoms with Crippen molar-refractivity contribution in [1.29, 1.82) is 0 Å². The van der Waals surface area contributed by atoms with E-state index >= 15 is 0 Å². The third kappa shape index (κ3) is 8.89. The molecular formula is C20H26O10. The minimum atomic E-state index is -1.34. The maximum Gasteiger partial charge on any atom is 0.331 e. The third-order valence-corrected chi connectivity index (χ3v) is 3.77. The van der Waals surface area contributed by atoms with Crippen LogP contribution in [0, 0.1) is 0 Å². The molecule has 0 radical (unpaired) electrons. The molecule has 0 aromatic heterocycles. The molecule has 5 atom stereocenters. The summed E-state index contributed by atoms with van der Waals surface area (Å²) in [4.78, 5) is 57.8. The van der Waals surface area contributed by atoms with Crippen LogP contribution in [0.2, 0.25) is 0 Å². The summed E-state index contributed by atoms with van der Waals surface area (Å²) < 4.78 is 26.0. The fourth-order valence-corrected chi connectivity index (χ4v) is 2.76. The summed E-state index contributed by atoms with van der Waals surface area (Å²) in [5.74, 6) is -3.36. The van der Waals surface area contributed by atoms with E-state index in [1.54, 1.807) is 6.08 Å². The van der Waals surface area contributed by atoms with Crippen LogP contribution in [0.25, 0.3) is 0 Å². The van der Waals surface area contributed by atoms with Crippen molar-refractivity contribution in [3.63, 3.8) is 0 Å². The van der Waals surface area contributed by atoms with Gasteiger partial charge in [0, 0.05) is 40.2 Å². The zero-order valence-corrected chi connectivity index (χ0v) is 17.5. The third-order valence-electron chi connectivity index (χ3n) is 3.77. The van der Waals surface area contributed by atoms with Gasteiger partial charge in [-0.25, -0.2) is 4.79 Å². The van der Waals surface area contributed by atoms with E-state index in [0.29, 0.717) is 6.42 Å². The number of rotatable bonds is 9. The maximum absolute atomic E-state index is 11.7. The van der Waals surface area contributed by atoms with Gasteiger partial charge in [-0.1, -0.05) is 6.08 Å². The number of cyclic esters (lactones) is 1. The molecule has 1 aliphatic heterocycles. The van der Waals surface area contributed by atoms with Gasteiger partial charge < -0.3 is 23.7 Å². The molecule has 0 fully saturated rings. The van der Waals surface area contributed by atoms with Crippen LogP contribution in [0.5, 0.6) is 0 Å². The van der Waals surface area contributed by atoms with E-state index < -0.39 is 60.4 Å². The molecule has 0 aromatic carbocycles. The monoisotopic (exact) mass is 426 g/mol. The SMILES string of the molecule is CC(=O)O[C@H]([C@@H](OC(C)=O)[C@@H](/C=C\[C@H]1CC=CC(=O)O1)OC(C)=O)[C@H](C)OC(C)=O. The normalized spacial score (nSPS) is 19.8. The molecule has 10 nitrogen and oxygen atoms in total. The summed E-state index contributed by atoms with van der Waals surface area (Å²) in [5.41, 5.74) is 0. The zero-order chi connectivity index (χ0) is 22.8. The van der Waals surface area contributed by atoms with E-state index in [1.807, 2.05) is 0 Å². The number of carbonyl (C=O) groups excluding carboxylic acids is 5. The van der Waals surface area contributed by atoms with E-state index in [2.05, 4.69) is 0 Å². The molecule has 0 N–H and O–H groups in total. The molecular weight excluding hydrogens is 400 g/mol. The standard InChI is InChI=1S/C20H26O10/c1-11(26-12(2)21)19(28-14(4)23)20(29-15(5)24)17(27-13(3)22)10-9-16-7-6-8-18(25)30-16/h6,8-11,16-17,19-20H,7H2,1-5H3/b10-9-/t11-,16+,17+,19-,20-/m0/s1. The molecule has 0 aliphatic carbocycles. The number of ether oxygens (including phenoxy) is 5. The van der Waals surface area contributed by atoms with Gasteiger partial charge in [0.2, 0.25) is 0 Å². The molecule has 0 aromatic rings. The van der Waals surface area contributed by atoms with Crippen molar-refractivity contribution in [1.82, 2.24) is 0 Å². The van der Waals surface area contributed by atoms with Gasteiger partial charge >= 0.3 is 29.8 Å². The van der Waals surface area contributed by atoms with Crippen LogP contribution in [-0.2, 0) is 47.7 Å². The minimum Gasteiger partial charge on any atom is -0.459 e. The van der Waals surface area contributed by atoms with Crippen LogP contribution in [-0.4, -0.2) is 60.4 Å². The second kappa shape index (κ2) is 11.7. The average molecular weight is 426 g/mol. The van der Waals surface area contributed by atoms with E-state index in [-0.39, 0.29) is 0 Å². The first kappa shape index (κ1) is 24.9. The van der Waals surface area contributed by atoms with Crippen LogP contribution < -0.4 is 0 Å². The highest BCUT2D eigenvalue weighted by Gasteiger charge is 2.40. The Hall–Kier alpha value is -3.17. The summed E-state index contributed by atoms with van der Waals surface area (Å²) in [6, 6.07) is 0. The fraction of sp³-hybridized carbons (Fsp3) is 0.550. The van der Waals surface area contributed by atoms with Crippen LogP contribution in [0.3, 0.4) is 0 Å². The molecule has 30 heavy (non-hydrogen) atoms. The van der Waals surface area contributed by atoms with Gasteiger partial charge in [-0.15, -0.1) is 0 Å². The number of hydrogen-bond acceptors (Lipinski definition) is 10. The lowest BCUT2D eigenvalue weighted by molar-refractivity contribution is -0.193. The number of hydrogen-bond donors (Lipinski definition) is 0. The van der Waals surface area contributed by atoms with Crippen LogP contribution in [0.1, 0.15) is 41.0 Å². The Morgan fingerprint density at radius 2 is 1.47 bits per heavy atom. The lowest BCUT2D eigenvalue weighted by Gasteiger charge is -2.33. The van der Waals surface area contributed by atoms with Gasteiger partial charge in [0.25, 0.3) is 0 Å². The van der Waals surface area contributed by atoms with Gasteiger partial charge in [0.15, 0.2) is 18.3 Å². The van der Waals surface area contributed by atoms with E-state index in [0.717, 1.165) is 27.7 Å². The first-order valence-electron chi connectivity index (χ1n) is 9.24. The molecule has 0 bridgehead atoms. The summed E-state index contributed by atoms with van der Waals surface area (Å²) in [6.45, 7) is 6.00. The lowest BCUT2D eigenvalue weighted by atomic mass is 10.0. The largest absolute Gasteiger partial charge is 0.459 e. The lowest BCUT2D eigenvalue weighted by Crippen LogP contribution is -2.50. The number of carbonyl (C=O) groups is 5. The van der Waals surface area contributed by atoms with Crippen molar-refractivity contribution in [2.24, 2.45) is 0 Å². The van der Waals surface area contributed by atoms with Gasteiger partial charge in [0.1, 0.15) is 12.2 Å². The average Bonchev–Trinajstić information content (AvgIpc) is 2.60. The Balaban J connectivity index is 3.26. The molecule has 0 saturated heterocycles. The molecule has 0 amide bonds. The molecule has 1 heterocycles. The van der Waals surface area contributed by atoms with Gasteiger partial charge in [-0.3, -0.25) is 19.2 Å². The van der Waals surface area contributed by atoms with E-state index in [1.165, 1.54) is 25.2 Å². The Labute approximate surface area is 174 Å². The highest BCUT2D eigenvalue weighted by molar-refractivity contribution is 5.83. The summed E-state index contributed by atoms with van der Waals surface area (Å²) in [6.07, 6.45) is 0.629. The summed E-state index contributed by atoms with van der Waals surface area (Å²) >= 11 is 0. The summed E-state index contributed by atoms with van der Waals surface area (Å²) in [7, 11) is 0. The van der Waals surface area contributed by atoms with Crippen LogP contribution in [0.4, 0.5) is 0 Å². The zero-order valence-electron chi connectivity index (χ0n) is 17.5. The van der Waals surface area contributed by atoms with Crippen molar-refractivity contribution in [3.8, 4) is 0 Å². The van der Waals surface area contributed by atoms with Gasteiger partial charge in [0.05, 0.1) is 0 Å². The molecule has 0 spiro atoms. The van der Waals surface area contributed by atoms with Crippen molar-refractivity contribution >= 4 is 29.8 Å². The Morgan fingerprint density at radius 3 is 1.97 bits per heavy atom. The second-order valence-corrected chi connectivity index (χ2v) is 6.54. The second-order valence-electron chi connectivity index (χ2n) is 6.54. The minimum absolute atomic E-state index is 0.393. The predicted molar refractivity (Wildman–Crippen MR) is 101 cm³/mol. The Kier molecular flexibility index (Phi) is 9.73. The quantitative estimate of drug-likeness (QED) is 0.300. The Morgan fingerprint density at radius 1 is 0.933 bits per heavy atom. The molecule has 0 unspecified atom stereocenters. The summed E-state index contributed by atoms with van der Waals surface area (Å²) in [5, 5.41) is 0. The smallest absolute Gasteiger partial charge is 0.331 e. The van der Waals surface area contributed by atoms with Crippen LogP contribution in [0.15, 0.2) is 24.3 Å². The predicted octanol–water partition coefficient (Wildman–Crippen LogP) is 1.16. The maximum atomic E-state index is 11.7. The van der Waals surface area contributed by atoms with Gasteiger partial charge in [-0.2, -0.15) is 0 Å². The highest BCUT2D eigenvalue weighted by atomic mass is 16.6. The molecule has 0 saturated carbocycles. The molecule has 1 rings (SSSR count). The van der Waals surface area contributed by atoms with Crippen molar-refractivity contribution in [2.45, 2.75) is 71.6 Å². The van der Waals surface area contributed by atoms with Crippen molar-refractivity contribution in [2.75, 3.05) is 0 Å². The van der Waals surface area contributed by atoms with E-state index in [9.17, 15) is 24.0 Å². The van der Waals surface area contributed by atoms with Crippen molar-refractivity contribution in [3.05, 3.63) is 24.3 Å². The number of esters is 5. The first-order chi connectivity index (χ1) is 14.0. The topological polar surface area (TPSA) is 132 Å². The molecule has 10 heteroatoms. The highest BCUT2D eigenvalue weighted by Crippen LogP contribution is 2.21. The van der Waals surface area contributed by atoms with Crippen molar-refractivity contribution < 1.29 is 47.7 Å². The molecule has 1 aliphatic rings. The van der Waals surface area contributed by atoms with Crippen LogP contribution >= 0.6 is 0 Å². The van der Waals surface area contributed by atoms with E-state index in [4.69, 9.17) is 23.7 Å². The van der Waals surface area contributed by atoms with Gasteiger partial charge in [-0.05, 0) is 19.1 Å². The molecule has 166 valence electrons. The fourth-order valence-electron chi connectivity index (χ4n) is 2.76.